The summed E-state index contributed by atoms with van der Waals surface area (Å²) in [5.74, 6) is 1.97. The van der Waals surface area contributed by atoms with E-state index in [1.165, 1.54) is 0 Å². The third kappa shape index (κ3) is 2.79. The van der Waals surface area contributed by atoms with Crippen molar-refractivity contribution < 1.29 is 18.6 Å². The maximum absolute atomic E-state index is 11.1. The van der Waals surface area contributed by atoms with Gasteiger partial charge in [-0.2, -0.15) is 4.98 Å². The molecule has 2 aromatic rings. The maximum atomic E-state index is 11.1. The second-order valence-corrected chi connectivity index (χ2v) is 4.47. The summed E-state index contributed by atoms with van der Waals surface area (Å²) in [7, 11) is 0. The number of nitrogens with one attached hydrogen (secondary N) is 1. The van der Waals surface area contributed by atoms with E-state index in [1.807, 2.05) is 6.07 Å². The Labute approximate surface area is 114 Å². The van der Waals surface area contributed by atoms with Gasteiger partial charge in [0.05, 0.1) is 6.61 Å². The average Bonchev–Trinajstić information content (AvgIpc) is 3.00. The molecule has 0 aromatic carbocycles. The molecule has 1 amide bonds. The summed E-state index contributed by atoms with van der Waals surface area (Å²) >= 11 is 0. The molecule has 8 nitrogen and oxygen atoms in total. The lowest BCUT2D eigenvalue weighted by molar-refractivity contribution is 0.150. The summed E-state index contributed by atoms with van der Waals surface area (Å²) in [4.78, 5) is 15.3. The standard InChI is InChI=1S/C12H14N4O4/c1-2-18-12(17)13-6-10-14-11(16-20-10)8-5-9(19-15-8)7-3-4-7/h5,7H,2-4,6H2,1H3,(H,13,17). The van der Waals surface area contributed by atoms with E-state index in [0.29, 0.717) is 24.0 Å². The molecule has 0 aliphatic heterocycles. The largest absolute Gasteiger partial charge is 0.450 e. The summed E-state index contributed by atoms with van der Waals surface area (Å²) in [6, 6.07) is 1.82. The molecule has 0 saturated heterocycles. The van der Waals surface area contributed by atoms with Crippen LogP contribution < -0.4 is 5.32 Å². The van der Waals surface area contributed by atoms with Crippen LogP contribution in [0.15, 0.2) is 15.1 Å². The van der Waals surface area contributed by atoms with Crippen molar-refractivity contribution in [1.29, 1.82) is 0 Å². The zero-order chi connectivity index (χ0) is 13.9. The quantitative estimate of drug-likeness (QED) is 0.889. The van der Waals surface area contributed by atoms with Crippen LogP contribution in [0.4, 0.5) is 4.79 Å². The van der Waals surface area contributed by atoms with Crippen molar-refractivity contribution in [2.45, 2.75) is 32.2 Å². The van der Waals surface area contributed by atoms with Gasteiger partial charge in [0.25, 0.3) is 0 Å². The molecule has 0 spiro atoms. The van der Waals surface area contributed by atoms with Gasteiger partial charge >= 0.3 is 6.09 Å². The zero-order valence-electron chi connectivity index (χ0n) is 11.0. The van der Waals surface area contributed by atoms with E-state index in [2.05, 4.69) is 20.6 Å². The first-order valence-corrected chi connectivity index (χ1v) is 6.46. The number of hydrogen-bond acceptors (Lipinski definition) is 7. The van der Waals surface area contributed by atoms with Crippen LogP contribution in [0.2, 0.25) is 0 Å². The number of hydrogen-bond donors (Lipinski definition) is 1. The van der Waals surface area contributed by atoms with Crippen molar-refractivity contribution in [3.05, 3.63) is 17.7 Å². The highest BCUT2D eigenvalue weighted by molar-refractivity contribution is 5.66. The number of amides is 1. The van der Waals surface area contributed by atoms with Crippen LogP contribution in [-0.2, 0) is 11.3 Å². The average molecular weight is 278 g/mol. The Kier molecular flexibility index (Phi) is 3.36. The fourth-order valence-electron chi connectivity index (χ4n) is 1.72. The third-order valence-electron chi connectivity index (χ3n) is 2.86. The summed E-state index contributed by atoms with van der Waals surface area (Å²) in [5.41, 5.74) is 0.540. The van der Waals surface area contributed by atoms with Crippen LogP contribution >= 0.6 is 0 Å². The molecule has 2 aromatic heterocycles. The Balaban J connectivity index is 1.62. The second-order valence-electron chi connectivity index (χ2n) is 4.47. The van der Waals surface area contributed by atoms with Gasteiger partial charge in [-0.1, -0.05) is 10.3 Å². The van der Waals surface area contributed by atoms with E-state index in [1.54, 1.807) is 6.92 Å². The number of ether oxygens (including phenoxy) is 1. The number of carbonyl (C=O) groups excluding carboxylic acids is 1. The van der Waals surface area contributed by atoms with Crippen molar-refractivity contribution in [3.63, 3.8) is 0 Å². The van der Waals surface area contributed by atoms with Crippen molar-refractivity contribution in [1.82, 2.24) is 20.6 Å². The predicted molar refractivity (Wildman–Crippen MR) is 65.6 cm³/mol. The van der Waals surface area contributed by atoms with Crippen molar-refractivity contribution in [3.8, 4) is 11.5 Å². The van der Waals surface area contributed by atoms with E-state index < -0.39 is 6.09 Å². The minimum Gasteiger partial charge on any atom is -0.450 e. The lowest BCUT2D eigenvalue weighted by Gasteiger charge is -2.00. The highest BCUT2D eigenvalue weighted by atomic mass is 16.5. The van der Waals surface area contributed by atoms with Gasteiger partial charge in [-0.15, -0.1) is 0 Å². The zero-order valence-corrected chi connectivity index (χ0v) is 11.0. The lowest BCUT2D eigenvalue weighted by atomic mass is 10.3. The summed E-state index contributed by atoms with van der Waals surface area (Å²) < 4.78 is 15.0. The summed E-state index contributed by atoms with van der Waals surface area (Å²) in [6.07, 6.45) is 1.75. The van der Waals surface area contributed by atoms with Gasteiger partial charge in [0.15, 0.2) is 5.69 Å². The topological polar surface area (TPSA) is 103 Å². The van der Waals surface area contributed by atoms with Gasteiger partial charge in [-0.05, 0) is 19.8 Å². The van der Waals surface area contributed by atoms with Crippen molar-refractivity contribution >= 4 is 6.09 Å². The highest BCUT2D eigenvalue weighted by Gasteiger charge is 2.28. The third-order valence-corrected chi connectivity index (χ3v) is 2.86. The number of nitrogens with zero attached hydrogens (tertiary/aromatic N) is 3. The number of carbonyl (C=O) groups is 1. The van der Waals surface area contributed by atoms with E-state index in [4.69, 9.17) is 13.8 Å². The first-order chi connectivity index (χ1) is 9.76. The Morgan fingerprint density at radius 3 is 3.05 bits per heavy atom. The first kappa shape index (κ1) is 12.6. The van der Waals surface area contributed by atoms with Gasteiger partial charge in [0.1, 0.15) is 12.3 Å². The van der Waals surface area contributed by atoms with Crippen LogP contribution in [0.3, 0.4) is 0 Å². The van der Waals surface area contributed by atoms with E-state index in [9.17, 15) is 4.79 Å². The van der Waals surface area contributed by atoms with Gasteiger partial charge < -0.3 is 19.1 Å². The molecule has 0 unspecified atom stereocenters. The fraction of sp³-hybridized carbons (Fsp3) is 0.500. The molecular weight excluding hydrogens is 264 g/mol. The lowest BCUT2D eigenvalue weighted by Crippen LogP contribution is -2.23. The summed E-state index contributed by atoms with van der Waals surface area (Å²) in [5, 5.41) is 10.2. The molecule has 2 heterocycles. The number of aromatic nitrogens is 3. The first-order valence-electron chi connectivity index (χ1n) is 6.46. The van der Waals surface area contributed by atoms with Crippen molar-refractivity contribution in [2.24, 2.45) is 0 Å². The maximum Gasteiger partial charge on any atom is 0.407 e. The van der Waals surface area contributed by atoms with Gasteiger partial charge in [0, 0.05) is 12.0 Å². The van der Waals surface area contributed by atoms with Crippen LogP contribution in [0.1, 0.15) is 37.3 Å². The molecule has 20 heavy (non-hydrogen) atoms. The van der Waals surface area contributed by atoms with Crippen molar-refractivity contribution in [2.75, 3.05) is 6.61 Å². The number of alkyl carbamates (subject to hydrolysis) is 1. The normalized spacial score (nSPS) is 14.2. The molecule has 0 radical (unpaired) electrons. The Morgan fingerprint density at radius 1 is 1.45 bits per heavy atom. The van der Waals surface area contributed by atoms with E-state index in [0.717, 1.165) is 18.6 Å². The Hall–Kier alpha value is -2.38. The fourth-order valence-corrected chi connectivity index (χ4v) is 1.72. The van der Waals surface area contributed by atoms with Gasteiger partial charge in [-0.25, -0.2) is 4.79 Å². The van der Waals surface area contributed by atoms with E-state index >= 15 is 0 Å². The monoisotopic (exact) mass is 278 g/mol. The molecule has 8 heteroatoms. The minimum absolute atomic E-state index is 0.110. The van der Waals surface area contributed by atoms with Gasteiger partial charge in [-0.3, -0.25) is 0 Å². The van der Waals surface area contributed by atoms with E-state index in [-0.39, 0.29) is 12.4 Å². The molecule has 1 saturated carbocycles. The molecule has 1 aliphatic rings. The van der Waals surface area contributed by atoms with Crippen LogP contribution in [0.5, 0.6) is 0 Å². The molecule has 3 rings (SSSR count). The van der Waals surface area contributed by atoms with Crippen LogP contribution in [0.25, 0.3) is 11.5 Å². The molecular formula is C12H14N4O4. The highest BCUT2D eigenvalue weighted by Crippen LogP contribution is 2.40. The van der Waals surface area contributed by atoms with Gasteiger partial charge in [0.2, 0.25) is 11.7 Å². The predicted octanol–water partition coefficient (Wildman–Crippen LogP) is 1.85. The second kappa shape index (κ2) is 5.32. The molecule has 0 bridgehead atoms. The Morgan fingerprint density at radius 2 is 2.30 bits per heavy atom. The molecule has 1 N–H and O–H groups in total. The van der Waals surface area contributed by atoms with Crippen LogP contribution in [0, 0.1) is 0 Å². The molecule has 1 aliphatic carbocycles. The molecule has 0 atom stereocenters. The smallest absolute Gasteiger partial charge is 0.407 e. The minimum atomic E-state index is -0.523. The number of rotatable bonds is 5. The van der Waals surface area contributed by atoms with Crippen LogP contribution in [-0.4, -0.2) is 28.0 Å². The molecule has 1 fully saturated rings. The molecule has 106 valence electrons. The SMILES string of the molecule is CCOC(=O)NCc1nc(-c2cc(C3CC3)on2)no1. The summed E-state index contributed by atoms with van der Waals surface area (Å²) in [6.45, 7) is 2.15. The Bertz CT molecular complexity index is 602.